The number of hydrogen-bond donors (Lipinski definition) is 0. The predicted octanol–water partition coefficient (Wildman–Crippen LogP) is 2.29. The standard InChI is InChI=1S/C19H20N2O3S/c22-19-20(11-15-7-3-1-4-8-15)17-13-25(23,24)14-18(17)21(19)12-16-9-5-2-6-10-16/h1-10,17-18H,11-14H2/t17-,18-/m1/s1. The molecule has 2 saturated heterocycles. The van der Waals surface area contributed by atoms with Crippen molar-refractivity contribution in [3.63, 3.8) is 0 Å². The van der Waals surface area contributed by atoms with Crippen LogP contribution in [0.3, 0.4) is 0 Å². The number of sulfone groups is 1. The molecule has 4 rings (SSSR count). The van der Waals surface area contributed by atoms with Crippen molar-refractivity contribution in [3.05, 3.63) is 71.8 Å². The zero-order valence-electron chi connectivity index (χ0n) is 13.8. The number of hydrogen-bond acceptors (Lipinski definition) is 3. The highest BCUT2D eigenvalue weighted by Gasteiger charge is 2.53. The van der Waals surface area contributed by atoms with Crippen LogP contribution in [0.5, 0.6) is 0 Å². The van der Waals surface area contributed by atoms with E-state index in [-0.39, 0.29) is 29.6 Å². The second-order valence-corrected chi connectivity index (χ2v) is 8.87. The first-order chi connectivity index (χ1) is 12.0. The molecular weight excluding hydrogens is 336 g/mol. The molecule has 0 N–H and O–H groups in total. The smallest absolute Gasteiger partial charge is 0.314 e. The Balaban J connectivity index is 1.63. The van der Waals surface area contributed by atoms with E-state index in [1.165, 1.54) is 0 Å². The number of benzene rings is 2. The Hall–Kier alpha value is -2.34. The van der Waals surface area contributed by atoms with Crippen molar-refractivity contribution in [2.24, 2.45) is 0 Å². The van der Waals surface area contributed by atoms with Crippen LogP contribution in [0.1, 0.15) is 11.1 Å². The maximum atomic E-state index is 13.0. The van der Waals surface area contributed by atoms with E-state index in [0.717, 1.165) is 11.1 Å². The summed E-state index contributed by atoms with van der Waals surface area (Å²) in [5.41, 5.74) is 2.03. The second kappa shape index (κ2) is 6.19. The first kappa shape index (κ1) is 16.1. The molecule has 2 heterocycles. The van der Waals surface area contributed by atoms with Gasteiger partial charge in [0.25, 0.3) is 0 Å². The van der Waals surface area contributed by atoms with Gasteiger partial charge in [0.15, 0.2) is 9.84 Å². The monoisotopic (exact) mass is 356 g/mol. The highest BCUT2D eigenvalue weighted by atomic mass is 32.2. The highest BCUT2D eigenvalue weighted by molar-refractivity contribution is 7.91. The molecule has 0 unspecified atom stereocenters. The van der Waals surface area contributed by atoms with Crippen LogP contribution in [0.2, 0.25) is 0 Å². The van der Waals surface area contributed by atoms with Gasteiger partial charge < -0.3 is 9.80 Å². The summed E-state index contributed by atoms with van der Waals surface area (Å²) in [6.45, 7) is 0.892. The van der Waals surface area contributed by atoms with Gasteiger partial charge in [0, 0.05) is 13.1 Å². The average Bonchev–Trinajstić information content (AvgIpc) is 3.03. The molecule has 2 amide bonds. The number of carbonyl (C=O) groups is 1. The maximum Gasteiger partial charge on any atom is 0.321 e. The summed E-state index contributed by atoms with van der Waals surface area (Å²) in [6.07, 6.45) is 0. The molecule has 2 aromatic rings. The van der Waals surface area contributed by atoms with E-state index in [9.17, 15) is 13.2 Å². The van der Waals surface area contributed by atoms with Crippen LogP contribution in [0.25, 0.3) is 0 Å². The predicted molar refractivity (Wildman–Crippen MR) is 95.6 cm³/mol. The Morgan fingerprint density at radius 3 is 1.56 bits per heavy atom. The number of carbonyl (C=O) groups excluding carboxylic acids is 1. The lowest BCUT2D eigenvalue weighted by Gasteiger charge is -2.22. The van der Waals surface area contributed by atoms with E-state index < -0.39 is 9.84 Å². The lowest BCUT2D eigenvalue weighted by molar-refractivity contribution is 0.182. The van der Waals surface area contributed by atoms with E-state index in [2.05, 4.69) is 0 Å². The molecule has 2 atom stereocenters. The molecule has 2 aliphatic rings. The van der Waals surface area contributed by atoms with E-state index in [4.69, 9.17) is 0 Å². The summed E-state index contributed by atoms with van der Waals surface area (Å²) in [7, 11) is -3.11. The van der Waals surface area contributed by atoms with Crippen molar-refractivity contribution in [1.82, 2.24) is 9.80 Å². The normalized spacial score (nSPS) is 24.6. The third-order valence-electron chi connectivity index (χ3n) is 4.98. The van der Waals surface area contributed by atoms with Crippen LogP contribution in [-0.2, 0) is 22.9 Å². The minimum atomic E-state index is -3.11. The minimum Gasteiger partial charge on any atom is -0.314 e. The number of rotatable bonds is 4. The van der Waals surface area contributed by atoms with Crippen LogP contribution in [0.15, 0.2) is 60.7 Å². The first-order valence-electron chi connectivity index (χ1n) is 8.39. The van der Waals surface area contributed by atoms with Gasteiger partial charge in [-0.1, -0.05) is 60.7 Å². The fourth-order valence-electron chi connectivity index (χ4n) is 3.78. The Kier molecular flexibility index (Phi) is 4.00. The number of nitrogens with zero attached hydrogens (tertiary/aromatic N) is 2. The molecule has 6 heteroatoms. The van der Waals surface area contributed by atoms with Crippen molar-refractivity contribution >= 4 is 15.9 Å². The molecule has 0 aliphatic carbocycles. The minimum absolute atomic E-state index is 0.0571. The van der Waals surface area contributed by atoms with Crippen LogP contribution in [-0.4, -0.2) is 47.8 Å². The third-order valence-corrected chi connectivity index (χ3v) is 6.68. The quantitative estimate of drug-likeness (QED) is 0.790. The molecule has 0 saturated carbocycles. The average molecular weight is 356 g/mol. The fraction of sp³-hybridized carbons (Fsp3) is 0.316. The number of amides is 2. The highest BCUT2D eigenvalue weighted by Crippen LogP contribution is 2.33. The SMILES string of the molecule is O=C1N(Cc2ccccc2)[C@@H]2CS(=O)(=O)C[C@H]2N1Cc1ccccc1. The van der Waals surface area contributed by atoms with Crippen molar-refractivity contribution in [2.75, 3.05) is 11.5 Å². The maximum absolute atomic E-state index is 13.0. The summed E-state index contributed by atoms with van der Waals surface area (Å²) in [5.74, 6) is 0.114. The van der Waals surface area contributed by atoms with Gasteiger partial charge in [0.2, 0.25) is 0 Å². The van der Waals surface area contributed by atoms with Crippen molar-refractivity contribution in [1.29, 1.82) is 0 Å². The zero-order chi connectivity index (χ0) is 17.4. The lowest BCUT2D eigenvalue weighted by atomic mass is 10.1. The number of urea groups is 1. The van der Waals surface area contributed by atoms with Gasteiger partial charge in [-0.15, -0.1) is 0 Å². The van der Waals surface area contributed by atoms with E-state index in [1.54, 1.807) is 9.80 Å². The third kappa shape index (κ3) is 3.14. The van der Waals surface area contributed by atoms with Crippen LogP contribution in [0.4, 0.5) is 4.79 Å². The molecule has 2 aliphatic heterocycles. The molecule has 0 bridgehead atoms. The summed E-state index contributed by atoms with van der Waals surface area (Å²) in [4.78, 5) is 16.5. The van der Waals surface area contributed by atoms with E-state index in [1.807, 2.05) is 60.7 Å². The molecular formula is C19H20N2O3S. The van der Waals surface area contributed by atoms with Gasteiger partial charge in [-0.05, 0) is 11.1 Å². The summed E-state index contributed by atoms with van der Waals surface area (Å²) in [5, 5.41) is 0. The zero-order valence-corrected chi connectivity index (χ0v) is 14.6. The summed E-state index contributed by atoms with van der Waals surface area (Å²) >= 11 is 0. The Bertz CT molecular complexity index is 803. The summed E-state index contributed by atoms with van der Waals surface area (Å²) < 4.78 is 24.4. The Morgan fingerprint density at radius 1 is 0.760 bits per heavy atom. The van der Waals surface area contributed by atoms with Crippen molar-refractivity contribution in [3.8, 4) is 0 Å². The van der Waals surface area contributed by atoms with Crippen molar-refractivity contribution in [2.45, 2.75) is 25.2 Å². The fourth-order valence-corrected chi connectivity index (χ4v) is 5.77. The lowest BCUT2D eigenvalue weighted by Crippen LogP contribution is -2.37. The van der Waals surface area contributed by atoms with Crippen molar-refractivity contribution < 1.29 is 13.2 Å². The topological polar surface area (TPSA) is 57.7 Å². The Labute approximate surface area is 147 Å². The number of fused-ring (bicyclic) bond motifs is 1. The molecule has 2 fully saturated rings. The van der Waals surface area contributed by atoms with Gasteiger partial charge in [0.05, 0.1) is 23.6 Å². The van der Waals surface area contributed by atoms with Crippen LogP contribution < -0.4 is 0 Å². The molecule has 130 valence electrons. The van der Waals surface area contributed by atoms with Crippen LogP contribution >= 0.6 is 0 Å². The Morgan fingerprint density at radius 2 is 1.16 bits per heavy atom. The molecule has 2 aromatic carbocycles. The van der Waals surface area contributed by atoms with Crippen LogP contribution in [0, 0.1) is 0 Å². The molecule has 0 radical (unpaired) electrons. The van der Waals surface area contributed by atoms with Gasteiger partial charge in [-0.25, -0.2) is 13.2 Å². The van der Waals surface area contributed by atoms with Gasteiger partial charge in [0.1, 0.15) is 0 Å². The van der Waals surface area contributed by atoms with Gasteiger partial charge in [-0.2, -0.15) is 0 Å². The molecule has 5 nitrogen and oxygen atoms in total. The van der Waals surface area contributed by atoms with Gasteiger partial charge >= 0.3 is 6.03 Å². The molecule has 25 heavy (non-hydrogen) atoms. The second-order valence-electron chi connectivity index (χ2n) is 6.72. The molecule has 0 aromatic heterocycles. The molecule has 0 spiro atoms. The van der Waals surface area contributed by atoms with E-state index >= 15 is 0 Å². The summed E-state index contributed by atoms with van der Waals surface area (Å²) in [6, 6.07) is 18.8. The first-order valence-corrected chi connectivity index (χ1v) is 10.2. The largest absolute Gasteiger partial charge is 0.321 e. The van der Waals surface area contributed by atoms with Gasteiger partial charge in [-0.3, -0.25) is 0 Å². The van der Waals surface area contributed by atoms with E-state index in [0.29, 0.717) is 13.1 Å².